The Kier molecular flexibility index (Phi) is 6.26. The fourth-order valence-corrected chi connectivity index (χ4v) is 3.65. The standard InChI is InChI=1S/C19H25NO3S/c1-6-7-14-10-18(24-13(14)3)19(21)20-12(2)16-11-15(22-4)8-9-17(16)23-5/h8-12H,6-7H2,1-5H3,(H,20,21)/t12-/m0/s1. The van der Waals surface area contributed by atoms with Gasteiger partial charge >= 0.3 is 0 Å². The molecule has 1 heterocycles. The van der Waals surface area contributed by atoms with Gasteiger partial charge in [0.2, 0.25) is 0 Å². The Morgan fingerprint density at radius 3 is 2.62 bits per heavy atom. The molecule has 1 aromatic carbocycles. The number of benzene rings is 1. The predicted molar refractivity (Wildman–Crippen MR) is 98.5 cm³/mol. The second-order valence-corrected chi connectivity index (χ2v) is 7.00. The van der Waals surface area contributed by atoms with Crippen LogP contribution in [0.15, 0.2) is 24.3 Å². The first-order valence-electron chi connectivity index (χ1n) is 8.12. The number of ether oxygens (including phenoxy) is 2. The molecule has 4 nitrogen and oxygen atoms in total. The maximum Gasteiger partial charge on any atom is 0.261 e. The fourth-order valence-electron chi connectivity index (χ4n) is 2.67. The normalized spacial score (nSPS) is 11.9. The molecule has 24 heavy (non-hydrogen) atoms. The van der Waals surface area contributed by atoms with Gasteiger partial charge in [-0.1, -0.05) is 13.3 Å². The molecule has 5 heteroatoms. The number of nitrogens with one attached hydrogen (secondary N) is 1. The van der Waals surface area contributed by atoms with Crippen LogP contribution >= 0.6 is 11.3 Å². The van der Waals surface area contributed by atoms with Crippen molar-refractivity contribution in [3.8, 4) is 11.5 Å². The van der Waals surface area contributed by atoms with Crippen molar-refractivity contribution in [2.45, 2.75) is 39.7 Å². The van der Waals surface area contributed by atoms with Gasteiger partial charge in [0.05, 0.1) is 25.1 Å². The Bertz CT molecular complexity index is 709. The molecule has 0 aliphatic carbocycles. The monoisotopic (exact) mass is 347 g/mol. The van der Waals surface area contributed by atoms with Crippen LogP contribution in [0.1, 0.15) is 52.0 Å². The van der Waals surface area contributed by atoms with Crippen LogP contribution in [0.25, 0.3) is 0 Å². The molecule has 0 saturated carbocycles. The summed E-state index contributed by atoms with van der Waals surface area (Å²) in [5.74, 6) is 1.42. The van der Waals surface area contributed by atoms with Crippen LogP contribution in [-0.2, 0) is 6.42 Å². The highest BCUT2D eigenvalue weighted by molar-refractivity contribution is 7.14. The molecule has 1 N–H and O–H groups in total. The first kappa shape index (κ1) is 18.3. The summed E-state index contributed by atoms with van der Waals surface area (Å²) >= 11 is 1.55. The lowest BCUT2D eigenvalue weighted by molar-refractivity contribution is 0.0943. The number of carbonyl (C=O) groups is 1. The number of amides is 1. The van der Waals surface area contributed by atoms with E-state index in [0.29, 0.717) is 0 Å². The molecule has 0 unspecified atom stereocenters. The topological polar surface area (TPSA) is 47.6 Å². The van der Waals surface area contributed by atoms with Crippen LogP contribution in [-0.4, -0.2) is 20.1 Å². The Morgan fingerprint density at radius 1 is 1.25 bits per heavy atom. The highest BCUT2D eigenvalue weighted by Gasteiger charge is 2.18. The summed E-state index contributed by atoms with van der Waals surface area (Å²) in [7, 11) is 3.25. The average molecular weight is 347 g/mol. The number of aryl methyl sites for hydroxylation is 2. The van der Waals surface area contributed by atoms with Crippen LogP contribution in [0.5, 0.6) is 11.5 Å². The maximum absolute atomic E-state index is 12.6. The highest BCUT2D eigenvalue weighted by Crippen LogP contribution is 2.30. The van der Waals surface area contributed by atoms with E-state index in [2.05, 4.69) is 19.2 Å². The Hall–Kier alpha value is -2.01. The van der Waals surface area contributed by atoms with Crippen molar-refractivity contribution in [3.05, 3.63) is 45.1 Å². The van der Waals surface area contributed by atoms with Gasteiger partial charge in [-0.05, 0) is 50.1 Å². The first-order valence-corrected chi connectivity index (χ1v) is 8.93. The smallest absolute Gasteiger partial charge is 0.261 e. The molecule has 0 fully saturated rings. The summed E-state index contributed by atoms with van der Waals surface area (Å²) in [6.07, 6.45) is 2.09. The van der Waals surface area contributed by atoms with Gasteiger partial charge in [-0.2, -0.15) is 0 Å². The third-order valence-electron chi connectivity index (χ3n) is 4.01. The number of carbonyl (C=O) groups excluding carboxylic acids is 1. The van der Waals surface area contributed by atoms with E-state index in [-0.39, 0.29) is 11.9 Å². The molecular formula is C19H25NO3S. The van der Waals surface area contributed by atoms with Gasteiger partial charge in [0.25, 0.3) is 5.91 Å². The molecule has 130 valence electrons. The number of hydrogen-bond acceptors (Lipinski definition) is 4. The number of rotatable bonds is 7. The van der Waals surface area contributed by atoms with Gasteiger partial charge in [-0.25, -0.2) is 0 Å². The van der Waals surface area contributed by atoms with E-state index in [1.165, 1.54) is 10.4 Å². The van der Waals surface area contributed by atoms with Gasteiger partial charge in [-0.15, -0.1) is 11.3 Å². The van der Waals surface area contributed by atoms with Crippen molar-refractivity contribution in [1.82, 2.24) is 5.32 Å². The molecule has 1 atom stereocenters. The average Bonchev–Trinajstić information content (AvgIpc) is 2.95. The van der Waals surface area contributed by atoms with E-state index in [9.17, 15) is 4.79 Å². The molecule has 0 spiro atoms. The van der Waals surface area contributed by atoms with E-state index < -0.39 is 0 Å². The maximum atomic E-state index is 12.6. The molecule has 2 aromatic rings. The zero-order valence-electron chi connectivity index (χ0n) is 14.9. The second-order valence-electron chi connectivity index (χ2n) is 5.75. The molecule has 0 radical (unpaired) electrons. The van der Waals surface area contributed by atoms with Crippen molar-refractivity contribution < 1.29 is 14.3 Å². The molecule has 1 amide bonds. The minimum Gasteiger partial charge on any atom is -0.497 e. The largest absolute Gasteiger partial charge is 0.497 e. The fraction of sp³-hybridized carbons (Fsp3) is 0.421. The van der Waals surface area contributed by atoms with Crippen molar-refractivity contribution in [3.63, 3.8) is 0 Å². The third kappa shape index (κ3) is 4.09. The number of methoxy groups -OCH3 is 2. The van der Waals surface area contributed by atoms with Crippen LogP contribution in [0, 0.1) is 6.92 Å². The molecule has 2 rings (SSSR count). The van der Waals surface area contributed by atoms with Crippen LogP contribution in [0.3, 0.4) is 0 Å². The summed E-state index contributed by atoms with van der Waals surface area (Å²) in [5, 5.41) is 3.06. The zero-order valence-corrected chi connectivity index (χ0v) is 15.8. The number of thiophene rings is 1. The predicted octanol–water partition coefficient (Wildman–Crippen LogP) is 4.52. The third-order valence-corrected chi connectivity index (χ3v) is 5.11. The van der Waals surface area contributed by atoms with E-state index >= 15 is 0 Å². The van der Waals surface area contributed by atoms with Crippen LogP contribution in [0.4, 0.5) is 0 Å². The van der Waals surface area contributed by atoms with Crippen molar-refractivity contribution >= 4 is 17.2 Å². The van der Waals surface area contributed by atoms with E-state index in [1.807, 2.05) is 31.2 Å². The minimum absolute atomic E-state index is 0.0529. The quantitative estimate of drug-likeness (QED) is 0.801. The van der Waals surface area contributed by atoms with E-state index in [4.69, 9.17) is 9.47 Å². The molecule has 0 bridgehead atoms. The summed E-state index contributed by atoms with van der Waals surface area (Å²) < 4.78 is 10.7. The van der Waals surface area contributed by atoms with E-state index in [1.54, 1.807) is 25.6 Å². The molecule has 0 saturated heterocycles. The van der Waals surface area contributed by atoms with Gasteiger partial charge in [0, 0.05) is 10.4 Å². The summed E-state index contributed by atoms with van der Waals surface area (Å²) in [6.45, 7) is 6.16. The molecule has 0 aliphatic rings. The summed E-state index contributed by atoms with van der Waals surface area (Å²) in [5.41, 5.74) is 2.16. The lowest BCUT2D eigenvalue weighted by Gasteiger charge is -2.18. The second kappa shape index (κ2) is 8.20. The first-order chi connectivity index (χ1) is 11.5. The minimum atomic E-state index is -0.181. The summed E-state index contributed by atoms with van der Waals surface area (Å²) in [6, 6.07) is 7.42. The zero-order chi connectivity index (χ0) is 17.7. The van der Waals surface area contributed by atoms with Crippen molar-refractivity contribution in [2.24, 2.45) is 0 Å². The SMILES string of the molecule is CCCc1cc(C(=O)N[C@@H](C)c2cc(OC)ccc2OC)sc1C. The molecule has 0 aliphatic heterocycles. The highest BCUT2D eigenvalue weighted by atomic mass is 32.1. The van der Waals surface area contributed by atoms with E-state index in [0.717, 1.165) is 34.8 Å². The van der Waals surface area contributed by atoms with Crippen molar-refractivity contribution in [2.75, 3.05) is 14.2 Å². The lowest BCUT2D eigenvalue weighted by Crippen LogP contribution is -2.26. The lowest BCUT2D eigenvalue weighted by atomic mass is 10.1. The van der Waals surface area contributed by atoms with Gasteiger partial charge < -0.3 is 14.8 Å². The Balaban J connectivity index is 2.18. The van der Waals surface area contributed by atoms with Crippen LogP contribution in [0.2, 0.25) is 0 Å². The van der Waals surface area contributed by atoms with Crippen molar-refractivity contribution in [1.29, 1.82) is 0 Å². The molecular weight excluding hydrogens is 322 g/mol. The Labute approximate surface area is 147 Å². The van der Waals surface area contributed by atoms with Gasteiger partial charge in [0.1, 0.15) is 11.5 Å². The van der Waals surface area contributed by atoms with Crippen LogP contribution < -0.4 is 14.8 Å². The summed E-state index contributed by atoms with van der Waals surface area (Å²) in [4.78, 5) is 14.6. The Morgan fingerprint density at radius 2 is 2.00 bits per heavy atom. The molecule has 1 aromatic heterocycles. The van der Waals surface area contributed by atoms with Gasteiger partial charge in [0.15, 0.2) is 0 Å². The van der Waals surface area contributed by atoms with Gasteiger partial charge in [-0.3, -0.25) is 4.79 Å². The number of hydrogen-bond donors (Lipinski definition) is 1.